The molecule has 3 nitrogen and oxygen atoms in total. The highest BCUT2D eigenvalue weighted by Crippen LogP contribution is 2.42. The first-order valence-electron chi connectivity index (χ1n) is 4.09. The molecule has 0 aliphatic carbocycles. The Kier molecular flexibility index (Phi) is 2.18. The lowest BCUT2D eigenvalue weighted by Crippen LogP contribution is -2.29. The predicted molar refractivity (Wildman–Crippen MR) is 42.3 cm³/mol. The van der Waals surface area contributed by atoms with Crippen LogP contribution in [0.1, 0.15) is 26.7 Å². The topological polar surface area (TPSA) is 41.6 Å². The van der Waals surface area contributed by atoms with Crippen molar-refractivity contribution in [3.8, 4) is 0 Å². The number of rotatable bonds is 3. The van der Waals surface area contributed by atoms with Crippen molar-refractivity contribution in [3.05, 3.63) is 0 Å². The molecular formula is C8H15NO2. The molecule has 0 aromatic heterocycles. The Morgan fingerprint density at radius 2 is 2.09 bits per heavy atom. The SMILES string of the molecule is CCC1(CC)OC1C(=O)NC. The monoisotopic (exact) mass is 157 g/mol. The Hall–Kier alpha value is -0.570. The maximum atomic E-state index is 11.1. The Labute approximate surface area is 67.1 Å². The average molecular weight is 157 g/mol. The van der Waals surface area contributed by atoms with E-state index in [0.717, 1.165) is 12.8 Å². The van der Waals surface area contributed by atoms with Crippen molar-refractivity contribution in [3.63, 3.8) is 0 Å². The third-order valence-corrected chi connectivity index (χ3v) is 2.45. The standard InChI is InChI=1S/C8H15NO2/c1-4-8(5-2)6(11-8)7(10)9-3/h6H,4-5H2,1-3H3,(H,9,10). The normalized spacial score (nSPS) is 26.3. The van der Waals surface area contributed by atoms with Crippen molar-refractivity contribution in [2.45, 2.75) is 38.4 Å². The van der Waals surface area contributed by atoms with Gasteiger partial charge >= 0.3 is 0 Å². The van der Waals surface area contributed by atoms with Crippen LogP contribution in [-0.2, 0) is 9.53 Å². The van der Waals surface area contributed by atoms with Gasteiger partial charge in [-0.1, -0.05) is 13.8 Å². The molecule has 1 N–H and O–H groups in total. The first-order valence-corrected chi connectivity index (χ1v) is 4.09. The second-order valence-corrected chi connectivity index (χ2v) is 2.88. The first kappa shape index (κ1) is 8.53. The largest absolute Gasteiger partial charge is 0.357 e. The highest BCUT2D eigenvalue weighted by atomic mass is 16.6. The molecule has 3 heteroatoms. The second kappa shape index (κ2) is 2.81. The van der Waals surface area contributed by atoms with Crippen LogP contribution in [0.5, 0.6) is 0 Å². The van der Waals surface area contributed by atoms with Gasteiger partial charge in [0.2, 0.25) is 0 Å². The fourth-order valence-corrected chi connectivity index (χ4v) is 1.41. The number of epoxide rings is 1. The van der Waals surface area contributed by atoms with Crippen LogP contribution >= 0.6 is 0 Å². The number of carbonyl (C=O) groups excluding carboxylic acids is 1. The molecular weight excluding hydrogens is 142 g/mol. The van der Waals surface area contributed by atoms with E-state index in [-0.39, 0.29) is 17.6 Å². The minimum atomic E-state index is -0.192. The summed E-state index contributed by atoms with van der Waals surface area (Å²) in [5, 5.41) is 2.59. The van der Waals surface area contributed by atoms with E-state index < -0.39 is 0 Å². The van der Waals surface area contributed by atoms with Crippen LogP contribution < -0.4 is 5.32 Å². The van der Waals surface area contributed by atoms with Crippen molar-refractivity contribution in [2.24, 2.45) is 0 Å². The maximum absolute atomic E-state index is 11.1. The zero-order valence-corrected chi connectivity index (χ0v) is 7.31. The summed E-state index contributed by atoms with van der Waals surface area (Å²) in [5.41, 5.74) is -0.139. The van der Waals surface area contributed by atoms with E-state index >= 15 is 0 Å². The van der Waals surface area contributed by atoms with E-state index in [1.165, 1.54) is 0 Å². The van der Waals surface area contributed by atoms with Gasteiger partial charge in [-0.3, -0.25) is 4.79 Å². The number of amides is 1. The van der Waals surface area contributed by atoms with E-state index in [0.29, 0.717) is 0 Å². The third-order valence-electron chi connectivity index (χ3n) is 2.45. The minimum absolute atomic E-state index is 0.00806. The molecule has 1 aliphatic heterocycles. The van der Waals surface area contributed by atoms with Crippen LogP contribution in [0, 0.1) is 0 Å². The molecule has 0 bridgehead atoms. The zero-order valence-electron chi connectivity index (χ0n) is 7.31. The van der Waals surface area contributed by atoms with E-state index in [1.807, 2.05) is 13.8 Å². The molecule has 1 fully saturated rings. The van der Waals surface area contributed by atoms with Crippen molar-refractivity contribution < 1.29 is 9.53 Å². The van der Waals surface area contributed by atoms with Crippen molar-refractivity contribution in [2.75, 3.05) is 7.05 Å². The highest BCUT2D eigenvalue weighted by molar-refractivity contribution is 5.84. The lowest BCUT2D eigenvalue weighted by molar-refractivity contribution is -0.121. The molecule has 1 saturated heterocycles. The summed E-state index contributed by atoms with van der Waals surface area (Å²) < 4.78 is 5.34. The van der Waals surface area contributed by atoms with Gasteiger partial charge in [0.25, 0.3) is 5.91 Å². The van der Waals surface area contributed by atoms with E-state index in [9.17, 15) is 4.79 Å². The van der Waals surface area contributed by atoms with Crippen LogP contribution in [0.2, 0.25) is 0 Å². The van der Waals surface area contributed by atoms with Crippen molar-refractivity contribution in [1.29, 1.82) is 0 Å². The molecule has 1 rings (SSSR count). The number of carbonyl (C=O) groups is 1. The Bertz CT molecular complexity index is 163. The van der Waals surface area contributed by atoms with Gasteiger partial charge in [-0.25, -0.2) is 0 Å². The smallest absolute Gasteiger partial charge is 0.251 e. The number of hydrogen-bond donors (Lipinski definition) is 1. The Morgan fingerprint density at radius 1 is 1.55 bits per heavy atom. The number of nitrogens with one attached hydrogen (secondary N) is 1. The molecule has 0 spiro atoms. The Morgan fingerprint density at radius 3 is 2.36 bits per heavy atom. The average Bonchev–Trinajstić information content (AvgIpc) is 2.78. The van der Waals surface area contributed by atoms with Gasteiger partial charge in [-0.05, 0) is 12.8 Å². The van der Waals surface area contributed by atoms with Crippen LogP contribution in [0.25, 0.3) is 0 Å². The summed E-state index contributed by atoms with van der Waals surface area (Å²) in [5.74, 6) is 0.00806. The molecule has 11 heavy (non-hydrogen) atoms. The van der Waals surface area contributed by atoms with Crippen LogP contribution in [-0.4, -0.2) is 24.7 Å². The maximum Gasteiger partial charge on any atom is 0.251 e. The van der Waals surface area contributed by atoms with E-state index in [2.05, 4.69) is 5.32 Å². The summed E-state index contributed by atoms with van der Waals surface area (Å²) in [4.78, 5) is 11.1. The number of hydrogen-bond acceptors (Lipinski definition) is 2. The predicted octanol–water partition coefficient (Wildman–Crippen LogP) is 0.690. The van der Waals surface area contributed by atoms with Gasteiger partial charge in [0, 0.05) is 7.05 Å². The molecule has 1 heterocycles. The van der Waals surface area contributed by atoms with Gasteiger partial charge in [0.05, 0.1) is 0 Å². The van der Waals surface area contributed by atoms with E-state index in [1.54, 1.807) is 7.05 Å². The van der Waals surface area contributed by atoms with Crippen molar-refractivity contribution in [1.82, 2.24) is 5.32 Å². The second-order valence-electron chi connectivity index (χ2n) is 2.88. The molecule has 0 radical (unpaired) electrons. The fourth-order valence-electron chi connectivity index (χ4n) is 1.41. The molecule has 1 aliphatic rings. The number of likely N-dealkylation sites (N-methyl/N-ethyl adjacent to an activating group) is 1. The van der Waals surface area contributed by atoms with Crippen molar-refractivity contribution >= 4 is 5.91 Å². The minimum Gasteiger partial charge on any atom is -0.357 e. The quantitative estimate of drug-likeness (QED) is 0.612. The lowest BCUT2D eigenvalue weighted by atomic mass is 9.99. The number of ether oxygens (including phenoxy) is 1. The van der Waals surface area contributed by atoms with Gasteiger partial charge in [0.1, 0.15) is 5.60 Å². The molecule has 1 amide bonds. The molecule has 64 valence electrons. The summed E-state index contributed by atoms with van der Waals surface area (Å²) in [6.45, 7) is 4.10. The van der Waals surface area contributed by atoms with Gasteiger partial charge in [-0.2, -0.15) is 0 Å². The zero-order chi connectivity index (χ0) is 8.48. The van der Waals surface area contributed by atoms with Gasteiger partial charge in [0.15, 0.2) is 6.10 Å². The fraction of sp³-hybridized carbons (Fsp3) is 0.875. The molecule has 0 aromatic rings. The summed E-state index contributed by atoms with van der Waals surface area (Å²) >= 11 is 0. The first-order chi connectivity index (χ1) is 5.20. The summed E-state index contributed by atoms with van der Waals surface area (Å²) in [6, 6.07) is 0. The van der Waals surface area contributed by atoms with Crippen LogP contribution in [0.15, 0.2) is 0 Å². The van der Waals surface area contributed by atoms with Gasteiger partial charge in [-0.15, -0.1) is 0 Å². The van der Waals surface area contributed by atoms with E-state index in [4.69, 9.17) is 4.74 Å². The van der Waals surface area contributed by atoms with Gasteiger partial charge < -0.3 is 10.1 Å². The van der Waals surface area contributed by atoms with Crippen LogP contribution in [0.3, 0.4) is 0 Å². The molecule has 0 aromatic carbocycles. The summed E-state index contributed by atoms with van der Waals surface area (Å²) in [6.07, 6.45) is 1.64. The molecule has 1 atom stereocenters. The highest BCUT2D eigenvalue weighted by Gasteiger charge is 2.57. The third kappa shape index (κ3) is 1.25. The molecule has 1 unspecified atom stereocenters. The lowest BCUT2D eigenvalue weighted by Gasteiger charge is -2.04. The molecule has 0 saturated carbocycles. The Balaban J connectivity index is 2.50. The summed E-state index contributed by atoms with van der Waals surface area (Å²) in [7, 11) is 1.64. The van der Waals surface area contributed by atoms with Crippen LogP contribution in [0.4, 0.5) is 0 Å².